The van der Waals surface area contributed by atoms with Crippen LogP contribution in [0.4, 0.5) is 0 Å². The Kier molecular flexibility index (Phi) is 12.4. The van der Waals surface area contributed by atoms with Crippen LogP contribution in [-0.2, 0) is 13.2 Å². The molecule has 202 valence electrons. The lowest BCUT2D eigenvalue weighted by Crippen LogP contribution is -1.99. The second-order valence-corrected chi connectivity index (χ2v) is 10.3. The fourth-order valence-corrected chi connectivity index (χ4v) is 4.51. The number of oxime groups is 1. The van der Waals surface area contributed by atoms with Gasteiger partial charge in [-0.2, -0.15) is 0 Å². The molecule has 0 amide bonds. The first kappa shape index (κ1) is 30.2. The highest BCUT2D eigenvalue weighted by Crippen LogP contribution is 2.32. The molecule has 0 radical (unpaired) electrons. The Morgan fingerprint density at radius 3 is 1.54 bits per heavy atom. The van der Waals surface area contributed by atoms with E-state index in [9.17, 15) is 4.79 Å². The van der Waals surface area contributed by atoms with Crippen LogP contribution in [0.5, 0.6) is 23.0 Å². The van der Waals surface area contributed by atoms with Gasteiger partial charge in [0.15, 0.2) is 29.3 Å². The third kappa shape index (κ3) is 9.13. The first-order valence-corrected chi connectivity index (χ1v) is 13.9. The van der Waals surface area contributed by atoms with Crippen molar-refractivity contribution in [3.05, 3.63) is 114 Å². The summed E-state index contributed by atoms with van der Waals surface area (Å²) < 4.78 is 23.9. The van der Waals surface area contributed by atoms with Crippen LogP contribution in [0.25, 0.3) is 0 Å². The molecular formula is C30H27I2NO6. The summed E-state index contributed by atoms with van der Waals surface area (Å²) in [7, 11) is 3.14. The number of carbonyl (C=O) groups is 1. The van der Waals surface area contributed by atoms with Crippen LogP contribution in [0.3, 0.4) is 0 Å². The number of halogens is 2. The fraction of sp³-hybridized carbons (Fsp3) is 0.133. The van der Waals surface area contributed by atoms with Crippen LogP contribution < -0.4 is 18.9 Å². The van der Waals surface area contributed by atoms with E-state index in [1.807, 2.05) is 72.8 Å². The third-order valence-electron chi connectivity index (χ3n) is 5.36. The first-order valence-electron chi connectivity index (χ1n) is 11.7. The zero-order valence-electron chi connectivity index (χ0n) is 21.3. The molecule has 0 aromatic heterocycles. The summed E-state index contributed by atoms with van der Waals surface area (Å²) in [6, 6.07) is 27.0. The molecule has 0 fully saturated rings. The molecule has 4 rings (SSSR count). The molecule has 0 spiro atoms. The van der Waals surface area contributed by atoms with Crippen molar-refractivity contribution in [2.45, 2.75) is 13.2 Å². The Bertz CT molecular complexity index is 1380. The largest absolute Gasteiger partial charge is 0.493 e. The van der Waals surface area contributed by atoms with E-state index >= 15 is 0 Å². The van der Waals surface area contributed by atoms with Crippen molar-refractivity contribution >= 4 is 57.7 Å². The minimum Gasteiger partial charge on any atom is -0.493 e. The summed E-state index contributed by atoms with van der Waals surface area (Å²) in [5.41, 5.74) is 3.55. The van der Waals surface area contributed by atoms with Gasteiger partial charge in [0.2, 0.25) is 0 Å². The van der Waals surface area contributed by atoms with E-state index in [0.717, 1.165) is 30.1 Å². The molecule has 0 heterocycles. The first-order chi connectivity index (χ1) is 19.0. The van der Waals surface area contributed by atoms with Crippen LogP contribution in [0.2, 0.25) is 0 Å². The highest BCUT2D eigenvalue weighted by atomic mass is 127. The van der Waals surface area contributed by atoms with Gasteiger partial charge in [-0.1, -0.05) is 65.8 Å². The number of rotatable bonds is 10. The van der Waals surface area contributed by atoms with Gasteiger partial charge in [0, 0.05) is 18.3 Å². The number of hydrogen-bond acceptors (Lipinski definition) is 7. The second-order valence-electron chi connectivity index (χ2n) is 7.96. The third-order valence-corrected chi connectivity index (χ3v) is 7.23. The number of hydrogen-bond donors (Lipinski definition) is 1. The minimum absolute atomic E-state index is 0.466. The molecule has 9 heteroatoms. The average molecular weight is 751 g/mol. The molecule has 0 bridgehead atoms. The quantitative estimate of drug-likeness (QED) is 0.0599. The summed E-state index contributed by atoms with van der Waals surface area (Å²) in [5, 5.41) is 11.7. The highest BCUT2D eigenvalue weighted by molar-refractivity contribution is 14.1. The Balaban J connectivity index is 0.000000216. The van der Waals surface area contributed by atoms with Crippen molar-refractivity contribution in [3.63, 3.8) is 0 Å². The van der Waals surface area contributed by atoms with E-state index < -0.39 is 0 Å². The molecule has 4 aromatic rings. The normalized spacial score (nSPS) is 10.4. The van der Waals surface area contributed by atoms with Gasteiger partial charge in [-0.3, -0.25) is 4.79 Å². The van der Waals surface area contributed by atoms with E-state index in [-0.39, 0.29) is 0 Å². The number of methoxy groups -OCH3 is 2. The predicted octanol–water partition coefficient (Wildman–Crippen LogP) is 7.38. The van der Waals surface area contributed by atoms with Crippen LogP contribution in [0.1, 0.15) is 27.0 Å². The Hall–Kier alpha value is -3.32. The van der Waals surface area contributed by atoms with Gasteiger partial charge in [0.05, 0.1) is 20.4 Å². The van der Waals surface area contributed by atoms with E-state index in [2.05, 4.69) is 50.3 Å². The van der Waals surface area contributed by atoms with Gasteiger partial charge in [-0.15, -0.1) is 0 Å². The molecule has 0 atom stereocenters. The summed E-state index contributed by atoms with van der Waals surface area (Å²) in [6.07, 6.45) is 2.18. The molecule has 0 saturated heterocycles. The van der Waals surface area contributed by atoms with Crippen molar-refractivity contribution in [1.29, 1.82) is 0 Å². The maximum Gasteiger partial charge on any atom is 0.162 e. The highest BCUT2D eigenvalue weighted by Gasteiger charge is 2.11. The molecule has 0 aliphatic heterocycles. The van der Waals surface area contributed by atoms with E-state index in [4.69, 9.17) is 24.2 Å². The van der Waals surface area contributed by atoms with Crippen LogP contribution in [-0.4, -0.2) is 31.9 Å². The van der Waals surface area contributed by atoms with Crippen molar-refractivity contribution in [1.82, 2.24) is 0 Å². The fourth-order valence-electron chi connectivity index (χ4n) is 3.37. The number of carbonyl (C=O) groups excluding carboxylic acids is 1. The summed E-state index contributed by atoms with van der Waals surface area (Å²) in [5.74, 6) is 2.48. The standard InChI is InChI=1S/C15H14INO3.C15H13IO3/c1-19-14-7-12(9-17-18)13(16)8-15(14)20-10-11-5-3-2-4-6-11;1-18-14-7-12(9-17)13(16)8-15(14)19-10-11-5-3-2-4-6-11/h2-9,18H,10H2,1H3;2-9H,10H2,1H3. The lowest BCUT2D eigenvalue weighted by atomic mass is 10.2. The summed E-state index contributed by atoms with van der Waals surface area (Å²) >= 11 is 4.27. The number of ether oxygens (including phenoxy) is 4. The van der Waals surface area contributed by atoms with Gasteiger partial charge in [-0.25, -0.2) is 0 Å². The SMILES string of the molecule is COc1cc(C=NO)c(I)cc1OCc1ccccc1.COc1cc(C=O)c(I)cc1OCc1ccccc1. The topological polar surface area (TPSA) is 86.6 Å². The molecule has 0 saturated carbocycles. The van der Waals surface area contributed by atoms with E-state index in [0.29, 0.717) is 41.8 Å². The summed E-state index contributed by atoms with van der Waals surface area (Å²) in [6.45, 7) is 0.939. The van der Waals surface area contributed by atoms with Crippen molar-refractivity contribution < 1.29 is 28.9 Å². The van der Waals surface area contributed by atoms with Crippen LogP contribution >= 0.6 is 45.2 Å². The zero-order chi connectivity index (χ0) is 28.0. The van der Waals surface area contributed by atoms with Crippen LogP contribution in [0.15, 0.2) is 90.1 Å². The Morgan fingerprint density at radius 1 is 0.692 bits per heavy atom. The van der Waals surface area contributed by atoms with Crippen LogP contribution in [0, 0.1) is 7.14 Å². The molecular weight excluding hydrogens is 724 g/mol. The number of nitrogens with zero attached hydrogens (tertiary/aromatic N) is 1. The molecule has 1 N–H and O–H groups in total. The minimum atomic E-state index is 0.466. The molecule has 0 aliphatic carbocycles. The Labute approximate surface area is 255 Å². The zero-order valence-corrected chi connectivity index (χ0v) is 25.7. The number of aldehydes is 1. The maximum atomic E-state index is 10.9. The molecule has 4 aromatic carbocycles. The van der Waals surface area contributed by atoms with Crippen molar-refractivity contribution in [2.75, 3.05) is 14.2 Å². The molecule has 0 unspecified atom stereocenters. The van der Waals surface area contributed by atoms with E-state index in [1.165, 1.54) is 6.21 Å². The monoisotopic (exact) mass is 751 g/mol. The van der Waals surface area contributed by atoms with Crippen molar-refractivity contribution in [2.24, 2.45) is 5.16 Å². The van der Waals surface area contributed by atoms with Gasteiger partial charge < -0.3 is 24.2 Å². The predicted molar refractivity (Wildman–Crippen MR) is 168 cm³/mol. The van der Waals surface area contributed by atoms with Gasteiger partial charge >= 0.3 is 0 Å². The molecule has 7 nitrogen and oxygen atoms in total. The van der Waals surface area contributed by atoms with Gasteiger partial charge in [0.25, 0.3) is 0 Å². The summed E-state index contributed by atoms with van der Waals surface area (Å²) in [4.78, 5) is 10.9. The number of benzene rings is 4. The van der Waals surface area contributed by atoms with E-state index in [1.54, 1.807) is 26.4 Å². The van der Waals surface area contributed by atoms with Crippen molar-refractivity contribution in [3.8, 4) is 23.0 Å². The van der Waals surface area contributed by atoms with Gasteiger partial charge in [-0.05, 0) is 80.6 Å². The average Bonchev–Trinajstić information content (AvgIpc) is 2.97. The lowest BCUT2D eigenvalue weighted by Gasteiger charge is -2.12. The maximum absolute atomic E-state index is 10.9. The molecule has 39 heavy (non-hydrogen) atoms. The second kappa shape index (κ2) is 15.9. The lowest BCUT2D eigenvalue weighted by molar-refractivity contribution is 0.112. The van der Waals surface area contributed by atoms with Gasteiger partial charge in [0.1, 0.15) is 13.2 Å². The smallest absolute Gasteiger partial charge is 0.162 e. The Morgan fingerprint density at radius 2 is 1.13 bits per heavy atom. The molecule has 0 aliphatic rings.